The van der Waals surface area contributed by atoms with E-state index in [9.17, 15) is 13.8 Å². The lowest BCUT2D eigenvalue weighted by Crippen LogP contribution is -2.42. The summed E-state index contributed by atoms with van der Waals surface area (Å²) in [4.78, 5) is 24.1. The predicted octanol–water partition coefficient (Wildman–Crippen LogP) is 2.39. The fourth-order valence-corrected chi connectivity index (χ4v) is 6.15. The van der Waals surface area contributed by atoms with Gasteiger partial charge in [0.15, 0.2) is 5.50 Å². The molecule has 0 aliphatic carbocycles. The number of anilines is 1. The van der Waals surface area contributed by atoms with Gasteiger partial charge in [-0.25, -0.2) is 8.51 Å². The quantitative estimate of drug-likeness (QED) is 0.596. The number of hydrogen-bond donors (Lipinski definition) is 3. The highest BCUT2D eigenvalue weighted by Gasteiger charge is 2.26. The first-order valence-electron chi connectivity index (χ1n) is 10.5. The van der Waals surface area contributed by atoms with E-state index in [1.807, 2.05) is 34.8 Å². The normalized spacial score (nSPS) is 22.8. The Morgan fingerprint density at radius 2 is 2.13 bits per heavy atom. The van der Waals surface area contributed by atoms with Crippen LogP contribution in [0.25, 0.3) is 5.70 Å². The van der Waals surface area contributed by atoms with Crippen molar-refractivity contribution in [2.75, 3.05) is 24.2 Å². The summed E-state index contributed by atoms with van der Waals surface area (Å²) >= 11 is 1.54. The Labute approximate surface area is 184 Å². The Balaban J connectivity index is 1.22. The highest BCUT2D eigenvalue weighted by atomic mass is 32.2. The third-order valence-corrected chi connectivity index (χ3v) is 8.23. The van der Waals surface area contributed by atoms with Crippen LogP contribution >= 0.6 is 11.8 Å². The van der Waals surface area contributed by atoms with Crippen LogP contribution in [0.3, 0.4) is 0 Å². The second kappa shape index (κ2) is 9.53. The number of benzene rings is 1. The third kappa shape index (κ3) is 5.07. The minimum Gasteiger partial charge on any atom is -0.356 e. The largest absolute Gasteiger partial charge is 0.356 e. The van der Waals surface area contributed by atoms with E-state index in [4.69, 9.17) is 0 Å². The summed E-state index contributed by atoms with van der Waals surface area (Å²) in [5.74, 6) is 1.15. The molecule has 3 heterocycles. The van der Waals surface area contributed by atoms with Crippen LogP contribution in [0.4, 0.5) is 5.69 Å². The molecule has 2 unspecified atom stereocenters. The number of rotatable bonds is 7. The first-order valence-corrected chi connectivity index (χ1v) is 12.7. The second-order valence-corrected chi connectivity index (χ2v) is 10.5. The smallest absolute Gasteiger partial charge is 0.228 e. The molecule has 30 heavy (non-hydrogen) atoms. The first-order chi connectivity index (χ1) is 14.5. The maximum atomic E-state index is 12.5. The van der Waals surface area contributed by atoms with Crippen molar-refractivity contribution in [2.24, 2.45) is 5.92 Å². The molecule has 0 radical (unpaired) electrons. The monoisotopic (exact) mass is 448 g/mol. The van der Waals surface area contributed by atoms with Crippen molar-refractivity contribution in [3.63, 3.8) is 0 Å². The lowest BCUT2D eigenvalue weighted by molar-refractivity contribution is -0.122. The summed E-state index contributed by atoms with van der Waals surface area (Å²) in [7, 11) is -0.872. The molecule has 0 spiro atoms. The van der Waals surface area contributed by atoms with Crippen molar-refractivity contribution in [1.29, 1.82) is 0 Å². The summed E-state index contributed by atoms with van der Waals surface area (Å²) in [6, 6.07) is 5.92. The number of hydrogen-bond acceptors (Lipinski definition) is 5. The number of nitrogens with zero attached hydrogens (tertiary/aromatic N) is 1. The van der Waals surface area contributed by atoms with Gasteiger partial charge in [0.25, 0.3) is 0 Å². The third-order valence-electron chi connectivity index (χ3n) is 5.66. The molecule has 162 valence electrons. The van der Waals surface area contributed by atoms with Gasteiger partial charge >= 0.3 is 0 Å². The van der Waals surface area contributed by atoms with Crippen molar-refractivity contribution in [3.8, 4) is 0 Å². The average molecular weight is 449 g/mol. The SMILES string of the molecule is CCCS(=O)N1CCC(CC(=O)NC2NC(c3ccc4c(c3)CC(=O)N4)=CS2)CC1. The lowest BCUT2D eigenvalue weighted by Gasteiger charge is -2.30. The number of amides is 2. The number of piperidine rings is 1. The highest BCUT2D eigenvalue weighted by Crippen LogP contribution is 2.31. The number of thioether (sulfide) groups is 1. The number of carbonyl (C=O) groups excluding carboxylic acids is 2. The zero-order chi connectivity index (χ0) is 21.1. The van der Waals surface area contributed by atoms with Crippen LogP contribution in [-0.2, 0) is 27.0 Å². The Morgan fingerprint density at radius 3 is 2.90 bits per heavy atom. The zero-order valence-corrected chi connectivity index (χ0v) is 18.7. The molecule has 0 saturated carbocycles. The molecular formula is C21H28N4O3S2. The fraction of sp³-hybridized carbons (Fsp3) is 0.524. The van der Waals surface area contributed by atoms with E-state index in [0.29, 0.717) is 18.8 Å². The molecule has 1 aromatic rings. The van der Waals surface area contributed by atoms with Crippen LogP contribution in [0.1, 0.15) is 43.7 Å². The van der Waals surface area contributed by atoms with Gasteiger partial charge in [0.05, 0.1) is 23.1 Å². The maximum Gasteiger partial charge on any atom is 0.228 e. The Hall–Kier alpha value is -1.84. The molecular weight excluding hydrogens is 420 g/mol. The van der Waals surface area contributed by atoms with E-state index in [-0.39, 0.29) is 17.3 Å². The van der Waals surface area contributed by atoms with Crippen LogP contribution < -0.4 is 16.0 Å². The van der Waals surface area contributed by atoms with Crippen molar-refractivity contribution in [2.45, 2.75) is 44.5 Å². The molecule has 3 N–H and O–H groups in total. The van der Waals surface area contributed by atoms with Gasteiger partial charge in [-0.1, -0.05) is 24.8 Å². The molecule has 1 aromatic carbocycles. The van der Waals surface area contributed by atoms with E-state index in [1.54, 1.807) is 11.8 Å². The van der Waals surface area contributed by atoms with Crippen LogP contribution in [0.15, 0.2) is 23.6 Å². The van der Waals surface area contributed by atoms with Crippen molar-refractivity contribution >= 4 is 45.9 Å². The topological polar surface area (TPSA) is 90.5 Å². The summed E-state index contributed by atoms with van der Waals surface area (Å²) in [6.07, 6.45) is 3.68. The molecule has 9 heteroatoms. The van der Waals surface area contributed by atoms with E-state index < -0.39 is 11.0 Å². The van der Waals surface area contributed by atoms with Crippen molar-refractivity contribution in [1.82, 2.24) is 14.9 Å². The maximum absolute atomic E-state index is 12.5. The molecule has 4 rings (SSSR count). The van der Waals surface area contributed by atoms with Gasteiger partial charge in [-0.2, -0.15) is 0 Å². The second-order valence-electron chi connectivity index (χ2n) is 7.96. The van der Waals surface area contributed by atoms with Gasteiger partial charge in [-0.3, -0.25) is 9.59 Å². The van der Waals surface area contributed by atoms with E-state index in [2.05, 4.69) is 16.0 Å². The Bertz CT molecular complexity index is 881. The zero-order valence-electron chi connectivity index (χ0n) is 17.1. The minimum atomic E-state index is -0.872. The van der Waals surface area contributed by atoms with Crippen LogP contribution in [0.5, 0.6) is 0 Å². The highest BCUT2D eigenvalue weighted by molar-refractivity contribution is 8.03. The van der Waals surface area contributed by atoms with Gasteiger partial charge in [0.1, 0.15) is 0 Å². The van der Waals surface area contributed by atoms with Gasteiger partial charge in [0, 0.05) is 31.0 Å². The molecule has 3 aliphatic rings. The van der Waals surface area contributed by atoms with Gasteiger partial charge < -0.3 is 16.0 Å². The minimum absolute atomic E-state index is 0.0254. The van der Waals surface area contributed by atoms with E-state index in [0.717, 1.165) is 60.6 Å². The fourth-order valence-electron chi connectivity index (χ4n) is 4.05. The molecule has 3 aliphatic heterocycles. The van der Waals surface area contributed by atoms with Crippen molar-refractivity contribution < 1.29 is 13.8 Å². The predicted molar refractivity (Wildman–Crippen MR) is 122 cm³/mol. The molecule has 0 bridgehead atoms. The molecule has 1 fully saturated rings. The molecule has 7 nitrogen and oxygen atoms in total. The summed E-state index contributed by atoms with van der Waals surface area (Å²) in [5.41, 5.74) is 3.67. The van der Waals surface area contributed by atoms with E-state index in [1.165, 1.54) is 0 Å². The molecule has 2 atom stereocenters. The van der Waals surface area contributed by atoms with Crippen molar-refractivity contribution in [3.05, 3.63) is 34.7 Å². The first kappa shape index (κ1) is 21.4. The number of nitrogens with one attached hydrogen (secondary N) is 3. The van der Waals surface area contributed by atoms with Crippen LogP contribution in [0.2, 0.25) is 0 Å². The number of fused-ring (bicyclic) bond motifs is 1. The standard InChI is InChI=1S/C21H28N4O3S2/c1-2-9-30(28)25-7-5-14(6-8-25)10-19(26)24-21-23-18(13-29-21)15-3-4-17-16(11-15)12-20(27)22-17/h3-4,11,13-14,21,23H,2,5-10,12H2,1H3,(H,22,27)(H,24,26). The number of carbonyl (C=O) groups is 2. The Kier molecular flexibility index (Phi) is 6.80. The van der Waals surface area contributed by atoms with E-state index >= 15 is 0 Å². The molecule has 0 aromatic heterocycles. The van der Waals surface area contributed by atoms with Crippen LogP contribution in [-0.4, -0.2) is 44.7 Å². The molecule has 1 saturated heterocycles. The van der Waals surface area contributed by atoms with Gasteiger partial charge in [-0.15, -0.1) is 0 Å². The van der Waals surface area contributed by atoms with Gasteiger partial charge in [-0.05, 0) is 53.8 Å². The van der Waals surface area contributed by atoms with Gasteiger partial charge in [0.2, 0.25) is 11.8 Å². The average Bonchev–Trinajstić information content (AvgIpc) is 3.33. The summed E-state index contributed by atoms with van der Waals surface area (Å²) in [5, 5.41) is 11.3. The summed E-state index contributed by atoms with van der Waals surface area (Å²) in [6.45, 7) is 3.66. The lowest BCUT2D eigenvalue weighted by atomic mass is 9.94. The Morgan fingerprint density at radius 1 is 1.33 bits per heavy atom. The molecule has 2 amide bonds. The summed E-state index contributed by atoms with van der Waals surface area (Å²) < 4.78 is 14.1. The van der Waals surface area contributed by atoms with Crippen LogP contribution in [0, 0.1) is 5.92 Å².